The van der Waals surface area contributed by atoms with Gasteiger partial charge in [-0.3, -0.25) is 9.72 Å². The van der Waals surface area contributed by atoms with Crippen LogP contribution >= 0.6 is 35.1 Å². The van der Waals surface area contributed by atoms with Gasteiger partial charge in [0.15, 0.2) is 11.5 Å². The molecule has 0 saturated carbocycles. The number of carbonyl (C=O) groups is 1. The third kappa shape index (κ3) is 8.84. The highest BCUT2D eigenvalue weighted by molar-refractivity contribution is 7.99. The molecule has 6 rings (SSSR count). The molecule has 270 valence electrons. The van der Waals surface area contributed by atoms with Gasteiger partial charge >= 0.3 is 6.03 Å². The minimum atomic E-state index is -0.355. The van der Waals surface area contributed by atoms with Gasteiger partial charge in [-0.25, -0.2) is 9.48 Å². The predicted molar refractivity (Wildman–Crippen MR) is 211 cm³/mol. The Bertz CT molecular complexity index is 2190. The molecule has 0 fully saturated rings. The third-order valence-electron chi connectivity index (χ3n) is 8.22. The van der Waals surface area contributed by atoms with Gasteiger partial charge in [-0.2, -0.15) is 16.9 Å². The van der Waals surface area contributed by atoms with Crippen LogP contribution in [0.1, 0.15) is 25.1 Å². The minimum absolute atomic E-state index is 0.0893. The van der Waals surface area contributed by atoms with Crippen molar-refractivity contribution >= 4 is 52.6 Å². The molecular weight excluding hydrogens is 716 g/mol. The maximum absolute atomic E-state index is 13.5. The van der Waals surface area contributed by atoms with Gasteiger partial charge in [0.05, 0.1) is 16.4 Å². The first kappa shape index (κ1) is 37.1. The largest absolute Gasteiger partial charge is 0.508 e. The highest BCUT2D eigenvalue weighted by Crippen LogP contribution is 2.34. The molecule has 0 aliphatic heterocycles. The lowest BCUT2D eigenvalue weighted by atomic mass is 9.92. The smallest absolute Gasteiger partial charge is 0.320 e. The number of anilines is 1. The van der Waals surface area contributed by atoms with E-state index >= 15 is 0 Å². The fourth-order valence-electron chi connectivity index (χ4n) is 5.50. The first-order chi connectivity index (χ1) is 25.0. The van der Waals surface area contributed by atoms with Gasteiger partial charge in [-0.1, -0.05) is 61.5 Å². The van der Waals surface area contributed by atoms with E-state index in [1.54, 1.807) is 40.3 Å². The van der Waals surface area contributed by atoms with E-state index in [9.17, 15) is 9.90 Å². The van der Waals surface area contributed by atoms with Crippen molar-refractivity contribution < 1.29 is 14.6 Å². The van der Waals surface area contributed by atoms with Crippen LogP contribution in [0, 0.1) is 0 Å². The minimum Gasteiger partial charge on any atom is -0.508 e. The summed E-state index contributed by atoms with van der Waals surface area (Å²) in [6.07, 6.45) is 4.01. The van der Waals surface area contributed by atoms with E-state index in [2.05, 4.69) is 45.8 Å². The number of amides is 2. The van der Waals surface area contributed by atoms with Crippen molar-refractivity contribution in [3.05, 3.63) is 107 Å². The van der Waals surface area contributed by atoms with Crippen LogP contribution in [0.15, 0.2) is 101 Å². The van der Waals surface area contributed by atoms with E-state index in [1.165, 1.54) is 6.07 Å². The second-order valence-electron chi connectivity index (χ2n) is 13.1. The zero-order valence-electron chi connectivity index (χ0n) is 29.6. The Balaban J connectivity index is 1.19. The summed E-state index contributed by atoms with van der Waals surface area (Å²) in [4.78, 5) is 17.5. The quantitative estimate of drug-likeness (QED) is 0.102. The van der Waals surface area contributed by atoms with E-state index < -0.39 is 0 Å². The predicted octanol–water partition coefficient (Wildman–Crippen LogP) is 7.99. The monoisotopic (exact) mass is 756 g/mol. The topological polar surface area (TPSA) is 122 Å². The van der Waals surface area contributed by atoms with Crippen molar-refractivity contribution in [2.24, 2.45) is 0 Å². The maximum Gasteiger partial charge on any atom is 0.320 e. The number of likely N-dealkylation sites (N-methyl/N-ethyl adjacent to an activating group) is 1. The van der Waals surface area contributed by atoms with Crippen LogP contribution in [0.2, 0.25) is 5.02 Å². The number of carbonyl (C=O) groups excluding carboxylic acids is 1. The summed E-state index contributed by atoms with van der Waals surface area (Å²) < 4.78 is 9.61. The number of ether oxygens (including phenoxy) is 1. The molecule has 0 aliphatic carbocycles. The Morgan fingerprint density at radius 1 is 1.02 bits per heavy atom. The zero-order valence-corrected chi connectivity index (χ0v) is 32.0. The highest BCUT2D eigenvalue weighted by Gasteiger charge is 2.26. The van der Waals surface area contributed by atoms with Crippen LogP contribution in [-0.4, -0.2) is 79.7 Å². The van der Waals surface area contributed by atoms with Gasteiger partial charge in [0.25, 0.3) is 0 Å². The summed E-state index contributed by atoms with van der Waals surface area (Å²) in [6.45, 7) is 5.95. The standard InChI is InChI=1S/C38H41ClN8O3S2/c1-38(2,24-51-5)33-21-35(47(44-33)26-10-8-11-28(19-26)50-18-17-45(3)4)41-37(49)40-22-25-9-6-7-12-32(25)52-29-14-16-34-42-43-36(46(34)23-29)30-20-27(48)13-15-31(30)39/h6-16,19-21,23,48H,17-18,22,24H2,1-5H3,(H2,40,41,49). The number of aromatic hydroxyl groups is 1. The average Bonchev–Trinajstić information content (AvgIpc) is 3.74. The molecule has 0 saturated heterocycles. The van der Waals surface area contributed by atoms with E-state index in [1.807, 2.05) is 91.4 Å². The number of fused-ring (bicyclic) bond motifs is 1. The Labute approximate surface area is 316 Å². The van der Waals surface area contributed by atoms with Gasteiger partial charge in [0.2, 0.25) is 0 Å². The van der Waals surface area contributed by atoms with Crippen LogP contribution in [0.25, 0.3) is 22.7 Å². The number of phenolic OH excluding ortho intramolecular Hbond substituents is 1. The van der Waals surface area contributed by atoms with Crippen LogP contribution in [0.4, 0.5) is 10.6 Å². The summed E-state index contributed by atoms with van der Waals surface area (Å²) in [5.41, 5.74) is 3.60. The fraction of sp³-hybridized carbons (Fsp3) is 0.263. The van der Waals surface area contributed by atoms with Crippen molar-refractivity contribution in [2.45, 2.75) is 35.6 Å². The number of urea groups is 1. The molecule has 0 bridgehead atoms. The van der Waals surface area contributed by atoms with Crippen LogP contribution in [0.5, 0.6) is 11.5 Å². The molecular formula is C38H41ClN8O3S2. The molecule has 0 atom stereocenters. The molecule has 3 heterocycles. The first-order valence-electron chi connectivity index (χ1n) is 16.6. The van der Waals surface area contributed by atoms with Crippen LogP contribution < -0.4 is 15.4 Å². The number of pyridine rings is 1. The van der Waals surface area contributed by atoms with Crippen molar-refractivity contribution in [3.63, 3.8) is 0 Å². The van der Waals surface area contributed by atoms with Crippen LogP contribution in [0.3, 0.4) is 0 Å². The fourth-order valence-corrected chi connectivity index (χ4v) is 7.53. The summed E-state index contributed by atoms with van der Waals surface area (Å²) in [6, 6.07) is 25.8. The number of phenols is 1. The van der Waals surface area contributed by atoms with Gasteiger partial charge in [0, 0.05) is 57.9 Å². The van der Waals surface area contributed by atoms with Gasteiger partial charge in [0.1, 0.15) is 23.9 Å². The molecule has 0 aliphatic rings. The molecule has 52 heavy (non-hydrogen) atoms. The summed E-state index contributed by atoms with van der Waals surface area (Å²) in [5, 5.41) is 30.2. The third-order valence-corrected chi connectivity index (χ3v) is 10.7. The first-order valence-corrected chi connectivity index (χ1v) is 19.2. The molecule has 3 N–H and O–H groups in total. The number of thioether (sulfide) groups is 1. The van der Waals surface area contributed by atoms with Crippen LogP contribution in [-0.2, 0) is 12.0 Å². The highest BCUT2D eigenvalue weighted by atomic mass is 35.5. The normalized spacial score (nSPS) is 11.7. The summed E-state index contributed by atoms with van der Waals surface area (Å²) in [7, 11) is 4.02. The lowest BCUT2D eigenvalue weighted by molar-refractivity contribution is 0.251. The average molecular weight is 757 g/mol. The van der Waals surface area contributed by atoms with Crippen molar-refractivity contribution in [1.29, 1.82) is 0 Å². The molecule has 14 heteroatoms. The molecule has 3 aromatic carbocycles. The van der Waals surface area contributed by atoms with Gasteiger partial charge in [-0.05, 0) is 74.4 Å². The molecule has 6 aromatic rings. The molecule has 0 radical (unpaired) electrons. The number of hydrogen-bond acceptors (Lipinski definition) is 9. The van der Waals surface area contributed by atoms with E-state index in [0.717, 1.165) is 44.8 Å². The van der Waals surface area contributed by atoms with E-state index in [0.29, 0.717) is 41.0 Å². The number of nitrogens with zero attached hydrogens (tertiary/aromatic N) is 6. The molecule has 11 nitrogen and oxygen atoms in total. The molecule has 0 unspecified atom stereocenters. The zero-order chi connectivity index (χ0) is 36.8. The SMILES string of the molecule is CSCC(C)(C)c1cc(NC(=O)NCc2ccccc2Sc2ccc3nnc(-c4cc(O)ccc4Cl)n3c2)n(-c2cccc(OCCN(C)C)c2)n1. The second kappa shape index (κ2) is 16.3. The Morgan fingerprint density at radius 3 is 2.65 bits per heavy atom. The number of aromatic nitrogens is 5. The second-order valence-corrected chi connectivity index (χ2v) is 15.5. The molecule has 2 amide bonds. The van der Waals surface area contributed by atoms with E-state index in [-0.39, 0.29) is 17.2 Å². The van der Waals surface area contributed by atoms with E-state index in [4.69, 9.17) is 21.4 Å². The number of rotatable bonds is 14. The number of benzene rings is 3. The summed E-state index contributed by atoms with van der Waals surface area (Å²) >= 11 is 9.76. The van der Waals surface area contributed by atoms with Crippen molar-refractivity contribution in [2.75, 3.05) is 44.6 Å². The van der Waals surface area contributed by atoms with Gasteiger partial charge in [-0.15, -0.1) is 10.2 Å². The Kier molecular flexibility index (Phi) is 11.6. The van der Waals surface area contributed by atoms with Crippen molar-refractivity contribution in [1.82, 2.24) is 34.6 Å². The summed E-state index contributed by atoms with van der Waals surface area (Å²) in [5.74, 6) is 2.76. The molecule has 0 spiro atoms. The maximum atomic E-state index is 13.5. The molecule has 3 aromatic heterocycles. The van der Waals surface area contributed by atoms with Crippen molar-refractivity contribution in [3.8, 4) is 28.6 Å². The number of nitrogens with one attached hydrogen (secondary N) is 2. The van der Waals surface area contributed by atoms with Gasteiger partial charge < -0.3 is 20.1 Å². The Morgan fingerprint density at radius 2 is 1.85 bits per heavy atom. The number of halogens is 1. The lowest BCUT2D eigenvalue weighted by Crippen LogP contribution is -2.29. The Hall–Kier alpha value is -4.69. The lowest BCUT2D eigenvalue weighted by Gasteiger charge is -2.20. The number of hydrogen-bond donors (Lipinski definition) is 3.